The Bertz CT molecular complexity index is 1270. The van der Waals surface area contributed by atoms with Gasteiger partial charge in [0.05, 0.1) is 32.5 Å². The van der Waals surface area contributed by atoms with Crippen molar-refractivity contribution < 1.29 is 19.4 Å². The molecule has 2 fully saturated rings. The molecule has 184 valence electrons. The van der Waals surface area contributed by atoms with E-state index >= 15 is 0 Å². The maximum Gasteiger partial charge on any atom is 0.254 e. The van der Waals surface area contributed by atoms with Crippen molar-refractivity contribution in [1.82, 2.24) is 20.2 Å². The quantitative estimate of drug-likeness (QED) is 0.536. The number of aromatic nitrogens is 2. The summed E-state index contributed by atoms with van der Waals surface area (Å²) in [7, 11) is 0. The van der Waals surface area contributed by atoms with Crippen molar-refractivity contribution >= 4 is 16.9 Å². The van der Waals surface area contributed by atoms with Crippen LogP contribution in [0.2, 0.25) is 0 Å². The van der Waals surface area contributed by atoms with E-state index < -0.39 is 5.60 Å². The van der Waals surface area contributed by atoms with Gasteiger partial charge in [-0.2, -0.15) is 0 Å². The molecule has 0 radical (unpaired) electrons. The number of H-pyrrole nitrogens is 1. The smallest absolute Gasteiger partial charge is 0.254 e. The average molecular weight is 477 g/mol. The van der Waals surface area contributed by atoms with Crippen molar-refractivity contribution in [1.29, 1.82) is 0 Å². The summed E-state index contributed by atoms with van der Waals surface area (Å²) in [5.41, 5.74) is 6.54. The van der Waals surface area contributed by atoms with Crippen molar-refractivity contribution in [2.45, 2.75) is 44.4 Å². The summed E-state index contributed by atoms with van der Waals surface area (Å²) in [5, 5.41) is 15.0. The molecule has 8 heteroatoms. The van der Waals surface area contributed by atoms with E-state index in [1.807, 2.05) is 6.20 Å². The lowest BCUT2D eigenvalue weighted by Gasteiger charge is -2.36. The molecule has 5 heterocycles. The fourth-order valence-electron chi connectivity index (χ4n) is 5.44. The van der Waals surface area contributed by atoms with Crippen molar-refractivity contribution in [2.24, 2.45) is 0 Å². The van der Waals surface area contributed by atoms with Gasteiger partial charge in [0.15, 0.2) is 0 Å². The van der Waals surface area contributed by atoms with Gasteiger partial charge in [0, 0.05) is 48.9 Å². The Labute approximate surface area is 204 Å². The molecule has 0 unspecified atom stereocenters. The predicted octanol–water partition coefficient (Wildman–Crippen LogP) is 2.66. The molecule has 3 aromatic rings. The highest BCUT2D eigenvalue weighted by Crippen LogP contribution is 2.36. The van der Waals surface area contributed by atoms with Gasteiger partial charge in [-0.1, -0.05) is 6.07 Å². The molecule has 2 saturated heterocycles. The number of carbonyl (C=O) groups excluding carboxylic acids is 1. The van der Waals surface area contributed by atoms with Gasteiger partial charge < -0.3 is 29.8 Å². The number of ether oxygens (including phenoxy) is 2. The third kappa shape index (κ3) is 4.14. The fraction of sp³-hybridized carbons (Fsp3) is 0.481. The van der Waals surface area contributed by atoms with Gasteiger partial charge in [0.1, 0.15) is 11.2 Å². The molecule has 0 saturated carbocycles. The third-order valence-electron chi connectivity index (χ3n) is 7.46. The van der Waals surface area contributed by atoms with E-state index in [-0.39, 0.29) is 11.9 Å². The lowest BCUT2D eigenvalue weighted by Crippen LogP contribution is -2.47. The molecular formula is C27H32N4O4. The Hall–Kier alpha value is -2.78. The zero-order chi connectivity index (χ0) is 24.2. The van der Waals surface area contributed by atoms with Gasteiger partial charge in [-0.15, -0.1) is 0 Å². The van der Waals surface area contributed by atoms with Crippen LogP contribution in [-0.4, -0.2) is 71.0 Å². The van der Waals surface area contributed by atoms with Crippen LogP contribution >= 0.6 is 0 Å². The van der Waals surface area contributed by atoms with Gasteiger partial charge in [-0.25, -0.2) is 4.98 Å². The van der Waals surface area contributed by atoms with E-state index in [4.69, 9.17) is 14.5 Å². The molecule has 6 rings (SSSR count). The first-order valence-corrected chi connectivity index (χ1v) is 12.4. The molecule has 0 spiro atoms. The lowest BCUT2D eigenvalue weighted by molar-refractivity contribution is -0.148. The summed E-state index contributed by atoms with van der Waals surface area (Å²) in [4.78, 5) is 22.6. The molecule has 3 aliphatic rings. The van der Waals surface area contributed by atoms with Crippen LogP contribution in [0.15, 0.2) is 30.6 Å². The molecule has 35 heavy (non-hydrogen) atoms. The van der Waals surface area contributed by atoms with Crippen molar-refractivity contribution in [3.8, 4) is 11.1 Å². The summed E-state index contributed by atoms with van der Waals surface area (Å²) in [5.74, 6) is 0.184. The second-order valence-corrected chi connectivity index (χ2v) is 10.4. The number of nitrogens with one attached hydrogen (secondary N) is 2. The van der Waals surface area contributed by atoms with Crippen LogP contribution < -0.4 is 5.32 Å². The zero-order valence-electron chi connectivity index (χ0n) is 20.3. The first kappa shape index (κ1) is 22.7. The Balaban J connectivity index is 1.41. The number of benzene rings is 1. The van der Waals surface area contributed by atoms with E-state index in [0.717, 1.165) is 59.5 Å². The molecular weight excluding hydrogens is 444 g/mol. The molecule has 3 aliphatic heterocycles. The van der Waals surface area contributed by atoms with Crippen LogP contribution in [0.5, 0.6) is 0 Å². The number of rotatable bonds is 4. The number of nitrogens with zero attached hydrogens (tertiary/aromatic N) is 2. The van der Waals surface area contributed by atoms with Gasteiger partial charge in [-0.05, 0) is 60.2 Å². The topological polar surface area (TPSA) is 99.7 Å². The Morgan fingerprint density at radius 1 is 1.14 bits per heavy atom. The number of aliphatic hydroxyl groups is 1. The number of hydrogen-bond donors (Lipinski definition) is 3. The first-order chi connectivity index (χ1) is 16.9. The van der Waals surface area contributed by atoms with Crippen LogP contribution in [0, 0.1) is 0 Å². The number of pyridine rings is 1. The Kier molecular flexibility index (Phi) is 5.64. The van der Waals surface area contributed by atoms with Crippen LogP contribution in [0.1, 0.15) is 48.1 Å². The van der Waals surface area contributed by atoms with E-state index in [9.17, 15) is 9.90 Å². The maximum absolute atomic E-state index is 12.8. The zero-order valence-corrected chi connectivity index (χ0v) is 20.3. The largest absolute Gasteiger partial charge is 0.381 e. The van der Waals surface area contributed by atoms with Gasteiger partial charge in [0.25, 0.3) is 5.91 Å². The minimum atomic E-state index is -1.38. The van der Waals surface area contributed by atoms with Gasteiger partial charge in [-0.3, -0.25) is 4.79 Å². The van der Waals surface area contributed by atoms with Crippen molar-refractivity contribution in [3.63, 3.8) is 0 Å². The second-order valence-electron chi connectivity index (χ2n) is 10.4. The minimum absolute atomic E-state index is 0.0567. The molecule has 8 nitrogen and oxygen atoms in total. The summed E-state index contributed by atoms with van der Waals surface area (Å²) in [6.45, 7) is 7.79. The fourth-order valence-corrected chi connectivity index (χ4v) is 5.44. The molecule has 1 aromatic carbocycles. The van der Waals surface area contributed by atoms with Crippen LogP contribution in [-0.2, 0) is 27.2 Å². The number of aromatic amines is 1. The summed E-state index contributed by atoms with van der Waals surface area (Å²) >= 11 is 0. The van der Waals surface area contributed by atoms with Crippen LogP contribution in [0.25, 0.3) is 22.2 Å². The van der Waals surface area contributed by atoms with Crippen molar-refractivity contribution in [3.05, 3.63) is 52.8 Å². The van der Waals surface area contributed by atoms with Crippen LogP contribution in [0.4, 0.5) is 0 Å². The molecule has 3 N–H and O–H groups in total. The molecule has 0 bridgehead atoms. The normalized spacial score (nSPS) is 21.1. The molecule has 2 aromatic heterocycles. The monoisotopic (exact) mass is 476 g/mol. The van der Waals surface area contributed by atoms with Crippen LogP contribution in [0.3, 0.4) is 0 Å². The minimum Gasteiger partial charge on any atom is -0.381 e. The first-order valence-electron chi connectivity index (χ1n) is 12.4. The maximum atomic E-state index is 12.8. The summed E-state index contributed by atoms with van der Waals surface area (Å²) < 4.78 is 11.2. The number of hydrogen-bond acceptors (Lipinski definition) is 6. The van der Waals surface area contributed by atoms with Gasteiger partial charge >= 0.3 is 0 Å². The highest BCUT2D eigenvalue weighted by atomic mass is 16.5. The second kappa shape index (κ2) is 8.71. The Morgan fingerprint density at radius 3 is 2.71 bits per heavy atom. The highest BCUT2D eigenvalue weighted by molar-refractivity contribution is 5.86. The highest BCUT2D eigenvalue weighted by Gasteiger charge is 2.33. The standard InChI is InChI=1S/C27H32N4O4/c1-27(2,33)26(32)31-5-3-16-7-17(8-20(23(16)12-31)24-15-34-6-4-28-24)18-9-21-22(19-13-35-14-19)11-30-25(21)29-10-18/h7-11,19,24,28,33H,3-6,12-15H2,1-2H3,(H,29,30)/t24-/m0/s1. The SMILES string of the molecule is CC(C)(O)C(=O)N1CCc2cc(-c3cnc4[nH]cc(C5COC5)c4c3)cc([C@@H]3COCCN3)c2C1. The molecule has 0 aliphatic carbocycles. The molecule has 1 atom stereocenters. The number of morpholine rings is 1. The predicted molar refractivity (Wildman–Crippen MR) is 132 cm³/mol. The van der Waals surface area contributed by atoms with Crippen molar-refractivity contribution in [2.75, 3.05) is 39.5 Å². The van der Waals surface area contributed by atoms with E-state index in [1.165, 1.54) is 11.1 Å². The Morgan fingerprint density at radius 2 is 2.00 bits per heavy atom. The van der Waals surface area contributed by atoms with E-state index in [2.05, 4.69) is 34.7 Å². The summed E-state index contributed by atoms with van der Waals surface area (Å²) in [6, 6.07) is 6.76. The third-order valence-corrected chi connectivity index (χ3v) is 7.46. The number of fused-ring (bicyclic) bond motifs is 2. The number of amides is 1. The number of carbonyl (C=O) groups is 1. The summed E-state index contributed by atoms with van der Waals surface area (Å²) in [6.07, 6.45) is 4.74. The molecule has 1 amide bonds. The average Bonchev–Trinajstić information content (AvgIpc) is 3.24. The van der Waals surface area contributed by atoms with E-state index in [1.54, 1.807) is 18.7 Å². The van der Waals surface area contributed by atoms with Gasteiger partial charge in [0.2, 0.25) is 0 Å². The van der Waals surface area contributed by atoms with E-state index in [0.29, 0.717) is 32.2 Å². The lowest BCUT2D eigenvalue weighted by atomic mass is 9.86.